The average Bonchev–Trinajstić information content (AvgIpc) is 3.62. The summed E-state index contributed by atoms with van der Waals surface area (Å²) in [5.41, 5.74) is 2.17. The predicted octanol–water partition coefficient (Wildman–Crippen LogP) is 2.44. The van der Waals surface area contributed by atoms with Gasteiger partial charge in [0.2, 0.25) is 5.91 Å². The Balaban J connectivity index is 1.46. The first kappa shape index (κ1) is 21.7. The minimum atomic E-state index is -0.389. The Labute approximate surface area is 192 Å². The van der Waals surface area contributed by atoms with Gasteiger partial charge >= 0.3 is 0 Å². The fourth-order valence-corrected chi connectivity index (χ4v) is 4.54. The van der Waals surface area contributed by atoms with Crippen LogP contribution in [0.25, 0.3) is 22.6 Å². The average molecular weight is 451 g/mol. The number of amides is 1. The lowest BCUT2D eigenvalue weighted by Crippen LogP contribution is -2.54. The molecule has 0 aromatic carbocycles. The molecule has 0 spiro atoms. The molecule has 10 heteroatoms. The lowest BCUT2D eigenvalue weighted by molar-refractivity contribution is -0.141. The maximum atomic E-state index is 13.5. The molecule has 0 bridgehead atoms. The van der Waals surface area contributed by atoms with Gasteiger partial charge in [-0.05, 0) is 39.0 Å². The van der Waals surface area contributed by atoms with Gasteiger partial charge in [-0.3, -0.25) is 4.79 Å². The second kappa shape index (κ2) is 9.01. The van der Waals surface area contributed by atoms with E-state index in [1.54, 1.807) is 12.4 Å². The molecule has 2 atom stereocenters. The van der Waals surface area contributed by atoms with Crippen molar-refractivity contribution in [3.05, 3.63) is 24.5 Å². The van der Waals surface area contributed by atoms with Crippen molar-refractivity contribution in [1.82, 2.24) is 34.4 Å². The monoisotopic (exact) mass is 450 g/mol. The topological polar surface area (TPSA) is 111 Å². The molecule has 4 heterocycles. The van der Waals surface area contributed by atoms with E-state index in [0.29, 0.717) is 55.8 Å². The number of carbonyl (C=O) groups is 1. The molecule has 1 amide bonds. The van der Waals surface area contributed by atoms with Crippen molar-refractivity contribution in [1.29, 1.82) is 0 Å². The highest BCUT2D eigenvalue weighted by molar-refractivity contribution is 5.90. The molecule has 1 N–H and O–H groups in total. The van der Waals surface area contributed by atoms with Crippen LogP contribution in [0, 0.1) is 12.8 Å². The van der Waals surface area contributed by atoms with Crippen LogP contribution in [-0.2, 0) is 16.1 Å². The number of carbonyl (C=O) groups excluding carboxylic acids is 1. The van der Waals surface area contributed by atoms with Crippen LogP contribution >= 0.6 is 0 Å². The molecule has 1 aliphatic heterocycles. The summed E-state index contributed by atoms with van der Waals surface area (Å²) in [7, 11) is 0. The van der Waals surface area contributed by atoms with Crippen molar-refractivity contribution >= 4 is 22.9 Å². The van der Waals surface area contributed by atoms with Crippen LogP contribution in [0.1, 0.15) is 38.9 Å². The van der Waals surface area contributed by atoms with E-state index in [2.05, 4.69) is 25.3 Å². The minimum absolute atomic E-state index is 0.103. The fraction of sp³-hybridized carbons (Fsp3) is 0.565. The van der Waals surface area contributed by atoms with Crippen molar-refractivity contribution in [2.24, 2.45) is 5.92 Å². The molecule has 174 valence electrons. The zero-order valence-corrected chi connectivity index (χ0v) is 19.4. The van der Waals surface area contributed by atoms with Crippen LogP contribution in [0.4, 0.5) is 5.82 Å². The molecule has 33 heavy (non-hydrogen) atoms. The summed E-state index contributed by atoms with van der Waals surface area (Å²) in [5.74, 6) is 2.68. The van der Waals surface area contributed by atoms with Crippen LogP contribution in [0.5, 0.6) is 0 Å². The summed E-state index contributed by atoms with van der Waals surface area (Å²) >= 11 is 0. The highest BCUT2D eigenvalue weighted by Gasteiger charge is 2.40. The van der Waals surface area contributed by atoms with E-state index in [-0.39, 0.29) is 18.0 Å². The van der Waals surface area contributed by atoms with Crippen molar-refractivity contribution in [3.8, 4) is 11.4 Å². The highest BCUT2D eigenvalue weighted by atomic mass is 16.5. The lowest BCUT2D eigenvalue weighted by atomic mass is 10.1. The Kier molecular flexibility index (Phi) is 5.92. The number of hydrogen-bond donors (Lipinski definition) is 1. The first-order valence-corrected chi connectivity index (χ1v) is 11.8. The summed E-state index contributed by atoms with van der Waals surface area (Å²) in [4.78, 5) is 37.9. The van der Waals surface area contributed by atoms with Crippen molar-refractivity contribution < 1.29 is 9.53 Å². The first-order chi connectivity index (χ1) is 16.1. The molecule has 1 saturated heterocycles. The maximum Gasteiger partial charge on any atom is 0.245 e. The van der Waals surface area contributed by atoms with E-state index in [9.17, 15) is 4.79 Å². The molecule has 0 radical (unpaired) electrons. The molecular formula is C23H30N8O2. The van der Waals surface area contributed by atoms with Gasteiger partial charge in [0.25, 0.3) is 0 Å². The van der Waals surface area contributed by atoms with E-state index in [4.69, 9.17) is 9.72 Å². The Morgan fingerprint density at radius 3 is 2.70 bits per heavy atom. The summed E-state index contributed by atoms with van der Waals surface area (Å²) < 4.78 is 7.69. The molecule has 1 saturated carbocycles. The van der Waals surface area contributed by atoms with Gasteiger partial charge in [0.15, 0.2) is 17.0 Å². The van der Waals surface area contributed by atoms with Gasteiger partial charge in [-0.15, -0.1) is 0 Å². The van der Waals surface area contributed by atoms with Gasteiger partial charge < -0.3 is 19.5 Å². The summed E-state index contributed by atoms with van der Waals surface area (Å²) in [6.45, 7) is 8.45. The smallest absolute Gasteiger partial charge is 0.245 e. The lowest BCUT2D eigenvalue weighted by Gasteiger charge is -2.38. The SMILES string of the molecule is CCC(Nc1ncnc2c1nc(-c1cnc(C)nc1)n2CC)C(=O)N1CCOCC1C1CC1. The van der Waals surface area contributed by atoms with Crippen LogP contribution < -0.4 is 5.32 Å². The number of nitrogens with one attached hydrogen (secondary N) is 1. The molecule has 5 rings (SSSR count). The van der Waals surface area contributed by atoms with Gasteiger partial charge in [-0.1, -0.05) is 6.92 Å². The van der Waals surface area contributed by atoms with Crippen molar-refractivity contribution in [2.75, 3.05) is 25.1 Å². The molecular weight excluding hydrogens is 420 g/mol. The molecule has 2 fully saturated rings. The number of aromatic nitrogens is 6. The number of ether oxygens (including phenoxy) is 1. The van der Waals surface area contributed by atoms with Gasteiger partial charge in [0, 0.05) is 25.5 Å². The number of nitrogens with zero attached hydrogens (tertiary/aromatic N) is 7. The predicted molar refractivity (Wildman–Crippen MR) is 124 cm³/mol. The number of imidazole rings is 1. The van der Waals surface area contributed by atoms with E-state index >= 15 is 0 Å². The van der Waals surface area contributed by atoms with Crippen molar-refractivity contribution in [3.63, 3.8) is 0 Å². The summed E-state index contributed by atoms with van der Waals surface area (Å²) in [6, 6.07) is -0.208. The van der Waals surface area contributed by atoms with Crippen molar-refractivity contribution in [2.45, 2.75) is 58.7 Å². The normalized spacial score (nSPS) is 19.6. The zero-order valence-electron chi connectivity index (χ0n) is 19.4. The Morgan fingerprint density at radius 2 is 2.00 bits per heavy atom. The largest absolute Gasteiger partial charge is 0.377 e. The van der Waals surface area contributed by atoms with Crippen LogP contribution in [0.2, 0.25) is 0 Å². The van der Waals surface area contributed by atoms with Gasteiger partial charge in [0.1, 0.15) is 24.0 Å². The molecule has 3 aromatic rings. The number of fused-ring (bicyclic) bond motifs is 1. The number of aryl methyl sites for hydroxylation is 2. The van der Waals surface area contributed by atoms with Crippen LogP contribution in [0.3, 0.4) is 0 Å². The number of anilines is 1. The molecule has 2 unspecified atom stereocenters. The second-order valence-corrected chi connectivity index (χ2v) is 8.71. The fourth-order valence-electron chi connectivity index (χ4n) is 4.54. The molecule has 1 aliphatic carbocycles. The Morgan fingerprint density at radius 1 is 1.21 bits per heavy atom. The zero-order chi connectivity index (χ0) is 22.9. The van der Waals surface area contributed by atoms with E-state index < -0.39 is 0 Å². The third-order valence-corrected chi connectivity index (χ3v) is 6.52. The molecule has 10 nitrogen and oxygen atoms in total. The number of rotatable bonds is 7. The summed E-state index contributed by atoms with van der Waals surface area (Å²) in [6.07, 6.45) is 8.05. The van der Waals surface area contributed by atoms with Crippen LogP contribution in [0.15, 0.2) is 18.7 Å². The van der Waals surface area contributed by atoms with E-state index in [0.717, 1.165) is 17.0 Å². The summed E-state index contributed by atoms with van der Waals surface area (Å²) in [5, 5.41) is 3.38. The van der Waals surface area contributed by atoms with Gasteiger partial charge in [0.05, 0.1) is 24.8 Å². The first-order valence-electron chi connectivity index (χ1n) is 11.8. The van der Waals surface area contributed by atoms with Crippen LogP contribution in [-0.4, -0.2) is 72.1 Å². The minimum Gasteiger partial charge on any atom is -0.377 e. The number of morpholine rings is 1. The quantitative estimate of drug-likeness (QED) is 0.584. The molecule has 2 aliphatic rings. The van der Waals surface area contributed by atoms with E-state index in [1.807, 2.05) is 30.2 Å². The van der Waals surface area contributed by atoms with E-state index in [1.165, 1.54) is 19.2 Å². The third kappa shape index (κ3) is 4.15. The number of hydrogen-bond acceptors (Lipinski definition) is 8. The van der Waals surface area contributed by atoms with Gasteiger partial charge in [-0.2, -0.15) is 0 Å². The second-order valence-electron chi connectivity index (χ2n) is 8.71. The highest BCUT2D eigenvalue weighted by Crippen LogP contribution is 2.37. The standard InChI is InChI=1S/C23H30N8O2/c1-4-17(23(32)31-8-9-33-12-18(31)15-6-7-15)28-20-19-22(27-13-26-20)30(5-2)21(29-19)16-10-24-14(3)25-11-16/h10-11,13,15,17-18H,4-9,12H2,1-3H3,(H,26,27,28). The Bertz CT molecular complexity index is 1140. The maximum absolute atomic E-state index is 13.5. The van der Waals surface area contributed by atoms with Gasteiger partial charge in [-0.25, -0.2) is 24.9 Å². The Hall–Kier alpha value is -3.14. The third-order valence-electron chi connectivity index (χ3n) is 6.52. The molecule has 3 aromatic heterocycles.